The highest BCUT2D eigenvalue weighted by Gasteiger charge is 2.18. The molecule has 1 unspecified atom stereocenters. The summed E-state index contributed by atoms with van der Waals surface area (Å²) in [5, 5.41) is 14.4. The number of halogens is 1. The zero-order valence-electron chi connectivity index (χ0n) is 11.2. The lowest BCUT2D eigenvalue weighted by Crippen LogP contribution is -2.38. The Labute approximate surface area is 127 Å². The fraction of sp³-hybridized carbons (Fsp3) is 0.400. The van der Waals surface area contributed by atoms with Crippen LogP contribution in [0, 0.1) is 0 Å². The van der Waals surface area contributed by atoms with Crippen LogP contribution in [-0.4, -0.2) is 39.0 Å². The van der Waals surface area contributed by atoms with Crippen molar-refractivity contribution < 1.29 is 5.11 Å². The Hall–Kier alpha value is -1.17. The molecule has 1 atom stereocenters. The third kappa shape index (κ3) is 3.29. The van der Waals surface area contributed by atoms with E-state index in [9.17, 15) is 5.11 Å². The molecule has 106 valence electrons. The molecule has 1 aromatic carbocycles. The first-order valence-electron chi connectivity index (χ1n) is 6.86. The van der Waals surface area contributed by atoms with E-state index in [1.807, 2.05) is 6.20 Å². The predicted octanol–water partition coefficient (Wildman–Crippen LogP) is 2.06. The molecule has 0 aliphatic carbocycles. The van der Waals surface area contributed by atoms with E-state index in [0.717, 1.165) is 24.0 Å². The molecule has 1 aliphatic heterocycles. The van der Waals surface area contributed by atoms with Crippen LogP contribution < -0.4 is 0 Å². The van der Waals surface area contributed by atoms with Gasteiger partial charge in [-0.15, -0.1) is 0 Å². The number of aliphatic hydroxyl groups is 1. The Kier molecular flexibility index (Phi) is 4.19. The molecule has 4 nitrogen and oxygen atoms in total. The molecule has 3 rings (SSSR count). The number of fused-ring (bicyclic) bond motifs is 1. The van der Waals surface area contributed by atoms with Gasteiger partial charge in [0.15, 0.2) is 0 Å². The van der Waals surface area contributed by atoms with E-state index < -0.39 is 6.10 Å². The Morgan fingerprint density at radius 2 is 2.05 bits per heavy atom. The van der Waals surface area contributed by atoms with Crippen molar-refractivity contribution in [1.82, 2.24) is 14.7 Å². The fourth-order valence-corrected chi connectivity index (χ4v) is 3.05. The van der Waals surface area contributed by atoms with Crippen LogP contribution in [-0.2, 0) is 19.5 Å². The van der Waals surface area contributed by atoms with Gasteiger partial charge in [-0.1, -0.05) is 24.3 Å². The van der Waals surface area contributed by atoms with Crippen molar-refractivity contribution in [2.24, 2.45) is 0 Å². The minimum atomic E-state index is -0.396. The second-order valence-corrected chi connectivity index (χ2v) is 6.20. The summed E-state index contributed by atoms with van der Waals surface area (Å²) in [5.41, 5.74) is 2.82. The summed E-state index contributed by atoms with van der Waals surface area (Å²) in [6.07, 6.45) is 4.29. The summed E-state index contributed by atoms with van der Waals surface area (Å²) < 4.78 is 2.71. The number of β-amino-alcohol motifs (C(OH)–C–C–N with tert-alkyl or cyclic N) is 1. The molecular weight excluding hydrogens is 318 g/mol. The molecule has 0 saturated carbocycles. The molecule has 0 spiro atoms. The van der Waals surface area contributed by atoms with Crippen molar-refractivity contribution in [3.05, 3.63) is 52.3 Å². The van der Waals surface area contributed by atoms with Gasteiger partial charge in [0.2, 0.25) is 0 Å². The Morgan fingerprint density at radius 3 is 2.80 bits per heavy atom. The molecule has 0 amide bonds. The normalized spacial score (nSPS) is 16.9. The number of nitrogens with zero attached hydrogens (tertiary/aromatic N) is 3. The van der Waals surface area contributed by atoms with Crippen molar-refractivity contribution in [2.45, 2.75) is 25.6 Å². The van der Waals surface area contributed by atoms with E-state index >= 15 is 0 Å². The second-order valence-electron chi connectivity index (χ2n) is 5.29. The molecule has 20 heavy (non-hydrogen) atoms. The van der Waals surface area contributed by atoms with Gasteiger partial charge in [-0.2, -0.15) is 5.10 Å². The lowest BCUT2D eigenvalue weighted by Gasteiger charge is -2.30. The van der Waals surface area contributed by atoms with Crippen LogP contribution in [0.4, 0.5) is 0 Å². The minimum Gasteiger partial charge on any atom is -0.390 e. The Morgan fingerprint density at radius 1 is 1.25 bits per heavy atom. The lowest BCUT2D eigenvalue weighted by molar-refractivity contribution is 0.0889. The molecule has 2 heterocycles. The zero-order chi connectivity index (χ0) is 13.9. The summed E-state index contributed by atoms with van der Waals surface area (Å²) in [5.74, 6) is 0. The quantitative estimate of drug-likeness (QED) is 0.929. The smallest absolute Gasteiger partial charge is 0.0862 e. The van der Waals surface area contributed by atoms with E-state index in [1.54, 1.807) is 10.9 Å². The van der Waals surface area contributed by atoms with Crippen LogP contribution in [0.1, 0.15) is 11.1 Å². The molecule has 0 saturated heterocycles. The zero-order valence-corrected chi connectivity index (χ0v) is 12.8. The van der Waals surface area contributed by atoms with Crippen LogP contribution in [0.5, 0.6) is 0 Å². The number of aromatic nitrogens is 2. The third-order valence-electron chi connectivity index (χ3n) is 3.68. The molecule has 0 radical (unpaired) electrons. The molecule has 1 N–H and O–H groups in total. The number of aliphatic hydroxyl groups excluding tert-OH is 1. The first-order chi connectivity index (χ1) is 9.70. The number of benzene rings is 1. The number of rotatable bonds is 4. The van der Waals surface area contributed by atoms with Crippen LogP contribution in [0.15, 0.2) is 41.1 Å². The molecule has 0 fully saturated rings. The van der Waals surface area contributed by atoms with Crippen molar-refractivity contribution in [2.75, 3.05) is 13.1 Å². The van der Waals surface area contributed by atoms with Crippen molar-refractivity contribution >= 4 is 15.9 Å². The van der Waals surface area contributed by atoms with Crippen molar-refractivity contribution in [3.63, 3.8) is 0 Å². The molecule has 5 heteroatoms. The molecule has 0 bridgehead atoms. The SMILES string of the molecule is OC(CN1CCc2ccccc2C1)Cn1cc(Br)cn1. The highest BCUT2D eigenvalue weighted by atomic mass is 79.9. The average Bonchev–Trinajstić information content (AvgIpc) is 2.83. The van der Waals surface area contributed by atoms with Crippen molar-refractivity contribution in [1.29, 1.82) is 0 Å². The van der Waals surface area contributed by atoms with Crippen LogP contribution in [0.25, 0.3) is 0 Å². The van der Waals surface area contributed by atoms with Gasteiger partial charge in [0, 0.05) is 25.8 Å². The summed E-state index contributed by atoms with van der Waals surface area (Å²) >= 11 is 3.36. The number of hydrogen-bond donors (Lipinski definition) is 1. The first-order valence-corrected chi connectivity index (χ1v) is 7.65. The maximum atomic E-state index is 10.2. The van der Waals surface area contributed by atoms with E-state index in [1.165, 1.54) is 11.1 Å². The van der Waals surface area contributed by atoms with Gasteiger partial charge in [-0.25, -0.2) is 0 Å². The fourth-order valence-electron chi connectivity index (χ4n) is 2.72. The first kappa shape index (κ1) is 13.8. The molecule has 1 aliphatic rings. The van der Waals surface area contributed by atoms with Crippen molar-refractivity contribution in [3.8, 4) is 0 Å². The van der Waals surface area contributed by atoms with Crippen LogP contribution in [0.2, 0.25) is 0 Å². The minimum absolute atomic E-state index is 0.396. The van der Waals surface area contributed by atoms with Gasteiger partial charge in [-0.05, 0) is 33.5 Å². The summed E-state index contributed by atoms with van der Waals surface area (Å²) in [6.45, 7) is 3.16. The van der Waals surface area contributed by atoms with Gasteiger partial charge in [0.25, 0.3) is 0 Å². The summed E-state index contributed by atoms with van der Waals surface area (Å²) in [4.78, 5) is 2.31. The maximum absolute atomic E-state index is 10.2. The summed E-state index contributed by atoms with van der Waals surface area (Å²) in [7, 11) is 0. The van der Waals surface area contributed by atoms with Crippen LogP contribution >= 0.6 is 15.9 Å². The molecule has 1 aromatic heterocycles. The monoisotopic (exact) mass is 335 g/mol. The molecular formula is C15H18BrN3O. The predicted molar refractivity (Wildman–Crippen MR) is 81.4 cm³/mol. The largest absolute Gasteiger partial charge is 0.390 e. The van der Waals surface area contributed by atoms with E-state index in [2.05, 4.69) is 50.2 Å². The van der Waals surface area contributed by atoms with E-state index in [0.29, 0.717) is 13.1 Å². The highest BCUT2D eigenvalue weighted by molar-refractivity contribution is 9.10. The molecule has 2 aromatic rings. The van der Waals surface area contributed by atoms with Gasteiger partial charge < -0.3 is 5.11 Å². The van der Waals surface area contributed by atoms with Gasteiger partial charge in [-0.3, -0.25) is 9.58 Å². The average molecular weight is 336 g/mol. The highest BCUT2D eigenvalue weighted by Crippen LogP contribution is 2.18. The van der Waals surface area contributed by atoms with E-state index in [4.69, 9.17) is 0 Å². The van der Waals surface area contributed by atoms with E-state index in [-0.39, 0.29) is 0 Å². The topological polar surface area (TPSA) is 41.3 Å². The van der Waals surface area contributed by atoms with Gasteiger partial charge in [0.05, 0.1) is 23.3 Å². The second kappa shape index (κ2) is 6.08. The van der Waals surface area contributed by atoms with Gasteiger partial charge >= 0.3 is 0 Å². The third-order valence-corrected chi connectivity index (χ3v) is 4.09. The van der Waals surface area contributed by atoms with Crippen LogP contribution in [0.3, 0.4) is 0 Å². The maximum Gasteiger partial charge on any atom is 0.0862 e. The Balaban J connectivity index is 1.56. The lowest BCUT2D eigenvalue weighted by atomic mass is 10.00. The number of hydrogen-bond acceptors (Lipinski definition) is 3. The Bertz CT molecular complexity index is 584. The standard InChI is InChI=1S/C15H18BrN3O/c16-14-7-17-19(9-14)11-15(20)10-18-6-5-12-3-1-2-4-13(12)8-18/h1-4,7,9,15,20H,5-6,8,10-11H2. The summed E-state index contributed by atoms with van der Waals surface area (Å²) in [6, 6.07) is 8.56. The van der Waals surface area contributed by atoms with Gasteiger partial charge in [0.1, 0.15) is 0 Å².